The predicted molar refractivity (Wildman–Crippen MR) is 45.7 cm³/mol. The number of allylic oxidation sites excluding steroid dienone is 1. The van der Waals surface area contributed by atoms with Gasteiger partial charge in [0.15, 0.2) is 0 Å². The van der Waals surface area contributed by atoms with Crippen LogP contribution in [0.5, 0.6) is 0 Å². The van der Waals surface area contributed by atoms with Gasteiger partial charge in [0.2, 0.25) is 5.91 Å². The molecule has 0 unspecified atom stereocenters. The minimum atomic E-state index is -0.207. The molecule has 3 nitrogen and oxygen atoms in total. The van der Waals surface area contributed by atoms with Crippen molar-refractivity contribution in [2.45, 2.75) is 6.42 Å². The Bertz CT molecular complexity index is 165. The van der Waals surface area contributed by atoms with Gasteiger partial charge in [-0.15, -0.1) is 0 Å². The Balaban J connectivity index is 3.41. The molecule has 0 aromatic rings. The van der Waals surface area contributed by atoms with Gasteiger partial charge >= 0.3 is 0 Å². The van der Waals surface area contributed by atoms with Crippen molar-refractivity contribution in [1.29, 1.82) is 5.41 Å². The molecule has 0 spiro atoms. The molecule has 0 rings (SSSR count). The minimum Gasteiger partial charge on any atom is -0.352 e. The zero-order valence-corrected chi connectivity index (χ0v) is 6.39. The van der Waals surface area contributed by atoms with Crippen LogP contribution in [0.15, 0.2) is 25.3 Å². The number of rotatable bonds is 5. The summed E-state index contributed by atoms with van der Waals surface area (Å²) in [5.74, 6) is -0.207. The van der Waals surface area contributed by atoms with Crippen molar-refractivity contribution in [3.63, 3.8) is 0 Å². The van der Waals surface area contributed by atoms with E-state index in [4.69, 9.17) is 5.41 Å². The average molecular weight is 152 g/mol. The van der Waals surface area contributed by atoms with E-state index < -0.39 is 0 Å². The van der Waals surface area contributed by atoms with E-state index in [1.165, 1.54) is 12.2 Å². The van der Waals surface area contributed by atoms with Gasteiger partial charge in [0, 0.05) is 18.7 Å². The second-order valence-electron chi connectivity index (χ2n) is 1.97. The smallest absolute Gasteiger partial charge is 0.243 e. The molecule has 0 aromatic carbocycles. The highest BCUT2D eigenvalue weighted by Gasteiger charge is 1.93. The quantitative estimate of drug-likeness (QED) is 0.446. The Morgan fingerprint density at radius 2 is 2.09 bits per heavy atom. The first kappa shape index (κ1) is 9.62. The summed E-state index contributed by atoms with van der Waals surface area (Å²) in [5, 5.41) is 9.70. The highest BCUT2D eigenvalue weighted by molar-refractivity contribution is 5.92. The van der Waals surface area contributed by atoms with Crippen LogP contribution in [0, 0.1) is 5.41 Å². The number of hydrogen-bond donors (Lipinski definition) is 2. The molecule has 3 heteroatoms. The SMILES string of the molecule is C=CC(=N)CCNC(=O)C=C. The number of carbonyl (C=O) groups is 1. The monoisotopic (exact) mass is 152 g/mol. The van der Waals surface area contributed by atoms with Crippen LogP contribution < -0.4 is 5.32 Å². The van der Waals surface area contributed by atoms with Crippen LogP contribution in [0.1, 0.15) is 6.42 Å². The first-order valence-corrected chi connectivity index (χ1v) is 3.31. The Hall–Kier alpha value is -1.38. The molecule has 11 heavy (non-hydrogen) atoms. The summed E-state index contributed by atoms with van der Waals surface area (Å²) in [5.41, 5.74) is 0.425. The lowest BCUT2D eigenvalue weighted by molar-refractivity contribution is -0.116. The van der Waals surface area contributed by atoms with Crippen LogP contribution in [-0.4, -0.2) is 18.2 Å². The maximum atomic E-state index is 10.6. The van der Waals surface area contributed by atoms with Crippen LogP contribution in [0.2, 0.25) is 0 Å². The highest BCUT2D eigenvalue weighted by atomic mass is 16.1. The zero-order chi connectivity index (χ0) is 8.69. The van der Waals surface area contributed by atoms with E-state index in [1.54, 1.807) is 0 Å². The minimum absolute atomic E-state index is 0.207. The average Bonchev–Trinajstić information content (AvgIpc) is 2.04. The van der Waals surface area contributed by atoms with Crippen molar-refractivity contribution in [2.24, 2.45) is 0 Å². The Kier molecular flexibility index (Phi) is 4.73. The maximum absolute atomic E-state index is 10.6. The van der Waals surface area contributed by atoms with Gasteiger partial charge in [0.25, 0.3) is 0 Å². The van der Waals surface area contributed by atoms with Crippen LogP contribution in [0.3, 0.4) is 0 Å². The van der Waals surface area contributed by atoms with E-state index >= 15 is 0 Å². The van der Waals surface area contributed by atoms with Gasteiger partial charge in [-0.1, -0.05) is 13.2 Å². The van der Waals surface area contributed by atoms with Crippen molar-refractivity contribution in [1.82, 2.24) is 5.32 Å². The Morgan fingerprint density at radius 1 is 1.45 bits per heavy atom. The third-order valence-electron chi connectivity index (χ3n) is 1.13. The maximum Gasteiger partial charge on any atom is 0.243 e. The third-order valence-corrected chi connectivity index (χ3v) is 1.13. The fourth-order valence-corrected chi connectivity index (χ4v) is 0.495. The van der Waals surface area contributed by atoms with E-state index in [2.05, 4.69) is 18.5 Å². The van der Waals surface area contributed by atoms with Gasteiger partial charge in [-0.2, -0.15) is 0 Å². The standard InChI is InChI=1S/C8H12N2O/c1-3-7(9)5-6-10-8(11)4-2/h3-4,9H,1-2,5-6H2,(H,10,11). The van der Waals surface area contributed by atoms with Gasteiger partial charge in [0.05, 0.1) is 0 Å². The molecular weight excluding hydrogens is 140 g/mol. The molecule has 0 fully saturated rings. The predicted octanol–water partition coefficient (Wildman–Crippen LogP) is 0.884. The summed E-state index contributed by atoms with van der Waals surface area (Å²) in [6, 6.07) is 0. The zero-order valence-electron chi connectivity index (χ0n) is 6.39. The van der Waals surface area contributed by atoms with Crippen LogP contribution in [0.25, 0.3) is 0 Å². The first-order chi connectivity index (χ1) is 5.20. The second kappa shape index (κ2) is 5.41. The summed E-state index contributed by atoms with van der Waals surface area (Å²) < 4.78 is 0. The Labute approximate surface area is 66.3 Å². The molecule has 0 bridgehead atoms. The lowest BCUT2D eigenvalue weighted by atomic mass is 10.2. The fraction of sp³-hybridized carbons (Fsp3) is 0.250. The summed E-state index contributed by atoms with van der Waals surface area (Å²) >= 11 is 0. The lowest BCUT2D eigenvalue weighted by Gasteiger charge is -1.99. The summed E-state index contributed by atoms with van der Waals surface area (Å²) in [7, 11) is 0. The number of nitrogens with one attached hydrogen (secondary N) is 2. The normalized spacial score (nSPS) is 8.36. The first-order valence-electron chi connectivity index (χ1n) is 3.31. The topological polar surface area (TPSA) is 53.0 Å². The lowest BCUT2D eigenvalue weighted by Crippen LogP contribution is -2.23. The number of carbonyl (C=O) groups excluding carboxylic acids is 1. The molecular formula is C8H12N2O. The van der Waals surface area contributed by atoms with E-state index in [-0.39, 0.29) is 5.91 Å². The molecule has 0 aliphatic rings. The third kappa shape index (κ3) is 5.08. The van der Waals surface area contributed by atoms with Crippen LogP contribution in [-0.2, 0) is 4.79 Å². The van der Waals surface area contributed by atoms with Crippen molar-refractivity contribution < 1.29 is 4.79 Å². The molecule has 0 aliphatic heterocycles. The molecule has 0 saturated heterocycles. The van der Waals surface area contributed by atoms with Crippen molar-refractivity contribution in [3.05, 3.63) is 25.3 Å². The summed E-state index contributed by atoms with van der Waals surface area (Å²) in [4.78, 5) is 10.6. The summed E-state index contributed by atoms with van der Waals surface area (Å²) in [6.45, 7) is 7.18. The molecule has 0 radical (unpaired) electrons. The molecule has 0 heterocycles. The van der Waals surface area contributed by atoms with E-state index in [9.17, 15) is 4.79 Å². The van der Waals surface area contributed by atoms with E-state index in [0.717, 1.165) is 0 Å². The van der Waals surface area contributed by atoms with Crippen molar-refractivity contribution >= 4 is 11.6 Å². The largest absolute Gasteiger partial charge is 0.352 e. The molecule has 60 valence electrons. The Morgan fingerprint density at radius 3 is 2.55 bits per heavy atom. The van der Waals surface area contributed by atoms with Gasteiger partial charge in [-0.25, -0.2) is 0 Å². The molecule has 1 amide bonds. The van der Waals surface area contributed by atoms with Crippen molar-refractivity contribution in [3.8, 4) is 0 Å². The molecule has 0 aliphatic carbocycles. The van der Waals surface area contributed by atoms with Crippen LogP contribution in [0.4, 0.5) is 0 Å². The molecule has 0 atom stereocenters. The van der Waals surface area contributed by atoms with Crippen molar-refractivity contribution in [2.75, 3.05) is 6.54 Å². The second-order valence-corrected chi connectivity index (χ2v) is 1.97. The molecule has 0 aromatic heterocycles. The van der Waals surface area contributed by atoms with Gasteiger partial charge in [-0.05, 0) is 12.2 Å². The summed E-state index contributed by atoms with van der Waals surface area (Å²) in [6.07, 6.45) is 3.18. The number of amides is 1. The highest BCUT2D eigenvalue weighted by Crippen LogP contribution is 1.81. The van der Waals surface area contributed by atoms with Gasteiger partial charge < -0.3 is 10.7 Å². The van der Waals surface area contributed by atoms with Gasteiger partial charge in [-0.3, -0.25) is 4.79 Å². The van der Waals surface area contributed by atoms with Crippen LogP contribution >= 0.6 is 0 Å². The number of hydrogen-bond acceptors (Lipinski definition) is 2. The molecule has 2 N–H and O–H groups in total. The van der Waals surface area contributed by atoms with E-state index in [1.807, 2.05) is 0 Å². The molecule has 0 saturated carbocycles. The fourth-order valence-electron chi connectivity index (χ4n) is 0.495. The van der Waals surface area contributed by atoms with Gasteiger partial charge in [0.1, 0.15) is 0 Å². The van der Waals surface area contributed by atoms with E-state index in [0.29, 0.717) is 18.7 Å².